The minimum absolute atomic E-state index is 0.0942. The van der Waals surface area contributed by atoms with Crippen molar-refractivity contribution in [2.24, 2.45) is 0 Å². The number of benzene rings is 2. The molecule has 12 nitrogen and oxygen atoms in total. The lowest BCUT2D eigenvalue weighted by Gasteiger charge is -2.23. The highest BCUT2D eigenvalue weighted by atomic mass is 16.6. The van der Waals surface area contributed by atoms with Crippen molar-refractivity contribution in [2.75, 3.05) is 0 Å². The third-order valence-electron chi connectivity index (χ3n) is 4.69. The Kier molecular flexibility index (Phi) is 6.65. The number of carboxylic acid groups (broad SMARTS) is 1. The van der Waals surface area contributed by atoms with Gasteiger partial charge in [0.15, 0.2) is 29.1 Å². The summed E-state index contributed by atoms with van der Waals surface area (Å²) in [6.45, 7) is 0. The topological polar surface area (TPSA) is 215 Å². The predicted octanol–water partition coefficient (Wildman–Crippen LogP) is -0.695. The molecule has 0 aliphatic rings. The Labute approximate surface area is 183 Å². The number of esters is 1. The van der Waals surface area contributed by atoms with Crippen molar-refractivity contribution in [3.05, 3.63) is 52.7 Å². The lowest BCUT2D eigenvalue weighted by molar-refractivity contribution is -0.171. The number of phenols is 2. The van der Waals surface area contributed by atoms with E-state index in [1.54, 1.807) is 30.3 Å². The van der Waals surface area contributed by atoms with E-state index in [2.05, 4.69) is 0 Å². The van der Waals surface area contributed by atoms with Gasteiger partial charge in [-0.2, -0.15) is 0 Å². The van der Waals surface area contributed by atoms with Crippen LogP contribution in [-0.2, 0) is 9.59 Å². The van der Waals surface area contributed by atoms with Crippen LogP contribution in [0.2, 0.25) is 0 Å². The van der Waals surface area contributed by atoms with Crippen LogP contribution in [0.5, 0.6) is 17.2 Å². The van der Waals surface area contributed by atoms with Crippen molar-refractivity contribution in [3.63, 3.8) is 0 Å². The summed E-state index contributed by atoms with van der Waals surface area (Å²) >= 11 is 0. The number of fused-ring (bicyclic) bond motifs is 1. The van der Waals surface area contributed by atoms with Crippen molar-refractivity contribution in [1.82, 2.24) is 0 Å². The number of hydrogen-bond acceptors (Lipinski definition) is 11. The molecule has 0 spiro atoms. The molecule has 33 heavy (non-hydrogen) atoms. The Morgan fingerprint density at radius 2 is 1.48 bits per heavy atom. The first-order chi connectivity index (χ1) is 15.5. The van der Waals surface area contributed by atoms with Crippen molar-refractivity contribution in [1.29, 1.82) is 0 Å². The average molecular weight is 462 g/mol. The third kappa shape index (κ3) is 4.63. The van der Waals surface area contributed by atoms with Gasteiger partial charge in [-0.05, 0) is 0 Å². The van der Waals surface area contributed by atoms with Gasteiger partial charge in [0, 0.05) is 17.7 Å². The second kappa shape index (κ2) is 9.26. The maximum atomic E-state index is 12.5. The molecular formula is C21H18O12. The minimum Gasteiger partial charge on any atom is -0.504 e. The summed E-state index contributed by atoms with van der Waals surface area (Å²) in [7, 11) is 0. The van der Waals surface area contributed by atoms with Gasteiger partial charge in [0.25, 0.3) is 0 Å². The molecule has 7 N–H and O–H groups in total. The molecule has 0 saturated heterocycles. The molecule has 0 amide bonds. The maximum Gasteiger partial charge on any atom is 0.343 e. The van der Waals surface area contributed by atoms with Gasteiger partial charge in [0.05, 0.1) is 0 Å². The van der Waals surface area contributed by atoms with Crippen LogP contribution in [-0.4, -0.2) is 72.1 Å². The molecule has 1 heterocycles. The number of ether oxygens (including phenoxy) is 1. The summed E-state index contributed by atoms with van der Waals surface area (Å²) in [5.41, 5.74) is -0.509. The molecule has 12 heteroatoms. The lowest BCUT2D eigenvalue weighted by Crippen LogP contribution is -2.50. The summed E-state index contributed by atoms with van der Waals surface area (Å²) in [5, 5.41) is 67.0. The summed E-state index contributed by atoms with van der Waals surface area (Å²) in [6, 6.07) is 10.3. The van der Waals surface area contributed by atoms with Gasteiger partial charge in [-0.3, -0.25) is 4.79 Å². The number of aromatic hydroxyl groups is 2. The molecule has 0 aliphatic heterocycles. The highest BCUT2D eigenvalue weighted by Gasteiger charge is 2.38. The minimum atomic E-state index is -2.56. The Hall–Kier alpha value is -3.97. The number of aliphatic hydroxyl groups is 4. The zero-order valence-corrected chi connectivity index (χ0v) is 16.5. The van der Waals surface area contributed by atoms with E-state index in [0.717, 1.165) is 12.1 Å². The first-order valence-electron chi connectivity index (χ1n) is 9.28. The molecule has 3 rings (SSSR count). The standard InChI is InChI=1S/C21H18O12/c22-9-6-10(8-4-2-1-3-5-8)32-11-7-12(14(23)15(24)13(9)11)33-21(31)19(28)17(26)16(25)18(27)20(29)30/h1-7,16-19,23-28H,(H,29,30)/t16-,17-,18-,19+/m0/s1. The fraction of sp³-hybridized carbons (Fsp3) is 0.190. The van der Waals surface area contributed by atoms with Crippen LogP contribution in [0.1, 0.15) is 0 Å². The molecule has 0 saturated carbocycles. The number of carboxylic acids is 1. The van der Waals surface area contributed by atoms with Gasteiger partial charge >= 0.3 is 11.9 Å². The fourth-order valence-corrected chi connectivity index (χ4v) is 2.92. The third-order valence-corrected chi connectivity index (χ3v) is 4.69. The average Bonchev–Trinajstić information content (AvgIpc) is 2.80. The molecular weight excluding hydrogens is 444 g/mol. The van der Waals surface area contributed by atoms with Gasteiger partial charge in [-0.25, -0.2) is 9.59 Å². The van der Waals surface area contributed by atoms with Crippen LogP contribution in [0.4, 0.5) is 0 Å². The first kappa shape index (κ1) is 23.7. The van der Waals surface area contributed by atoms with Gasteiger partial charge < -0.3 is 44.9 Å². The van der Waals surface area contributed by atoms with Crippen LogP contribution < -0.4 is 10.2 Å². The predicted molar refractivity (Wildman–Crippen MR) is 109 cm³/mol. The summed E-state index contributed by atoms with van der Waals surface area (Å²) < 4.78 is 10.3. The molecule has 0 unspecified atom stereocenters. The molecule has 2 aromatic carbocycles. The van der Waals surface area contributed by atoms with Crippen molar-refractivity contribution in [3.8, 4) is 28.6 Å². The molecule has 1 aromatic heterocycles. The van der Waals surface area contributed by atoms with E-state index in [9.17, 15) is 45.0 Å². The largest absolute Gasteiger partial charge is 0.504 e. The second-order valence-electron chi connectivity index (χ2n) is 6.92. The Balaban J connectivity index is 1.96. The zero-order valence-electron chi connectivity index (χ0n) is 16.5. The van der Waals surface area contributed by atoms with Crippen LogP contribution in [0.3, 0.4) is 0 Å². The summed E-state index contributed by atoms with van der Waals surface area (Å²) in [5.74, 6) is -6.35. The number of phenolic OH excluding ortho intramolecular Hbond substituents is 2. The molecule has 0 aliphatic carbocycles. The first-order valence-corrected chi connectivity index (χ1v) is 9.28. The summed E-state index contributed by atoms with van der Waals surface area (Å²) in [4.78, 5) is 35.3. The molecule has 0 bridgehead atoms. The number of aliphatic hydroxyl groups excluding tert-OH is 4. The Bertz CT molecular complexity index is 1250. The molecule has 174 valence electrons. The van der Waals surface area contributed by atoms with E-state index >= 15 is 0 Å². The van der Waals surface area contributed by atoms with Gasteiger partial charge in [-0.15, -0.1) is 0 Å². The van der Waals surface area contributed by atoms with E-state index in [-0.39, 0.29) is 11.3 Å². The quantitative estimate of drug-likeness (QED) is 0.132. The number of rotatable bonds is 7. The highest BCUT2D eigenvalue weighted by molar-refractivity contribution is 5.90. The van der Waals surface area contributed by atoms with Crippen LogP contribution in [0.25, 0.3) is 22.3 Å². The van der Waals surface area contributed by atoms with Crippen LogP contribution in [0, 0.1) is 0 Å². The van der Waals surface area contributed by atoms with Gasteiger partial charge in [0.1, 0.15) is 28.9 Å². The number of aliphatic carboxylic acids is 1. The van der Waals surface area contributed by atoms with Crippen molar-refractivity contribution in [2.45, 2.75) is 24.4 Å². The van der Waals surface area contributed by atoms with E-state index in [1.165, 1.54) is 0 Å². The number of carbonyl (C=O) groups excluding carboxylic acids is 1. The molecule has 3 aromatic rings. The van der Waals surface area contributed by atoms with Gasteiger partial charge in [-0.1, -0.05) is 30.3 Å². The van der Waals surface area contributed by atoms with E-state index < -0.39 is 64.4 Å². The summed E-state index contributed by atoms with van der Waals surface area (Å²) in [6.07, 6.45) is -10.0. The SMILES string of the molecule is O=C(O)[C@@H](O)[C@@H](O)[C@H](O)[C@@H](O)C(=O)Oc1cc2oc(-c3ccccc3)cc(=O)c2c(O)c1O. The van der Waals surface area contributed by atoms with Crippen LogP contribution >= 0.6 is 0 Å². The van der Waals surface area contributed by atoms with Crippen molar-refractivity contribution >= 4 is 22.9 Å². The number of carbonyl (C=O) groups is 2. The molecule has 4 atom stereocenters. The monoisotopic (exact) mass is 462 g/mol. The van der Waals surface area contributed by atoms with E-state index in [4.69, 9.17) is 14.3 Å². The van der Waals surface area contributed by atoms with Gasteiger partial charge in [0.2, 0.25) is 5.75 Å². The van der Waals surface area contributed by atoms with Crippen LogP contribution in [0.15, 0.2) is 51.7 Å². The second-order valence-corrected chi connectivity index (χ2v) is 6.92. The van der Waals surface area contributed by atoms with E-state index in [1.807, 2.05) is 0 Å². The maximum absolute atomic E-state index is 12.5. The van der Waals surface area contributed by atoms with Crippen molar-refractivity contribution < 1.29 is 54.5 Å². The van der Waals surface area contributed by atoms with E-state index in [0.29, 0.717) is 5.56 Å². The Morgan fingerprint density at radius 1 is 0.879 bits per heavy atom. The normalized spacial score (nSPS) is 14.9. The zero-order chi connectivity index (χ0) is 24.4. The molecule has 0 radical (unpaired) electrons. The lowest BCUT2D eigenvalue weighted by atomic mass is 10.0. The fourth-order valence-electron chi connectivity index (χ4n) is 2.92. The highest BCUT2D eigenvalue weighted by Crippen LogP contribution is 2.41. The Morgan fingerprint density at radius 3 is 2.09 bits per heavy atom. The number of hydrogen-bond donors (Lipinski definition) is 7. The smallest absolute Gasteiger partial charge is 0.343 e. The molecule has 0 fully saturated rings.